The Kier molecular flexibility index (Phi) is 6.22. The summed E-state index contributed by atoms with van der Waals surface area (Å²) in [5, 5.41) is 10.9. The Labute approximate surface area is 139 Å². The molecule has 126 valence electrons. The Morgan fingerprint density at radius 2 is 1.96 bits per heavy atom. The summed E-state index contributed by atoms with van der Waals surface area (Å²) in [4.78, 5) is 0. The average Bonchev–Trinajstić information content (AvgIpc) is 2.93. The molecule has 0 bridgehead atoms. The van der Waals surface area contributed by atoms with Crippen molar-refractivity contribution in [2.45, 2.75) is 59.6 Å². The number of H-pyrrole nitrogens is 1. The minimum atomic E-state index is -0.0844. The summed E-state index contributed by atoms with van der Waals surface area (Å²) in [6, 6.07) is 8.32. The molecule has 0 amide bonds. The first-order chi connectivity index (χ1) is 11.1. The third-order valence-corrected chi connectivity index (χ3v) is 4.41. The highest BCUT2D eigenvalue weighted by molar-refractivity contribution is 5.37. The number of hydrogen-bond acceptors (Lipinski definition) is 3. The Hall–Kier alpha value is -1.81. The maximum absolute atomic E-state index is 6.28. The number of ether oxygens (including phenoxy) is 1. The van der Waals surface area contributed by atoms with Crippen molar-refractivity contribution in [2.75, 3.05) is 6.54 Å². The van der Waals surface area contributed by atoms with Crippen LogP contribution in [0.4, 0.5) is 0 Å². The van der Waals surface area contributed by atoms with Gasteiger partial charge in [-0.05, 0) is 44.4 Å². The van der Waals surface area contributed by atoms with E-state index in [4.69, 9.17) is 4.74 Å². The number of hydrogen-bond donors (Lipinski definition) is 2. The number of para-hydroxylation sites is 1. The predicted octanol–water partition coefficient (Wildman–Crippen LogP) is 4.48. The highest BCUT2D eigenvalue weighted by Crippen LogP contribution is 2.32. The maximum Gasteiger partial charge on any atom is 0.140 e. The summed E-state index contributed by atoms with van der Waals surface area (Å²) in [5.74, 6) is 1.45. The van der Waals surface area contributed by atoms with E-state index in [9.17, 15) is 0 Å². The van der Waals surface area contributed by atoms with Crippen LogP contribution in [0.5, 0.6) is 5.75 Å². The van der Waals surface area contributed by atoms with Gasteiger partial charge in [0.2, 0.25) is 0 Å². The zero-order valence-corrected chi connectivity index (χ0v) is 14.9. The number of nitrogens with zero attached hydrogens (tertiary/aromatic N) is 1. The van der Waals surface area contributed by atoms with Gasteiger partial charge in [-0.1, -0.05) is 39.0 Å². The van der Waals surface area contributed by atoms with Crippen molar-refractivity contribution in [3.8, 4) is 5.75 Å². The van der Waals surface area contributed by atoms with Crippen LogP contribution in [0.3, 0.4) is 0 Å². The fourth-order valence-electron chi connectivity index (χ4n) is 2.74. The van der Waals surface area contributed by atoms with Gasteiger partial charge < -0.3 is 10.1 Å². The molecule has 0 saturated carbocycles. The summed E-state index contributed by atoms with van der Waals surface area (Å²) in [7, 11) is 0. The van der Waals surface area contributed by atoms with E-state index in [0.29, 0.717) is 5.92 Å². The molecule has 1 aromatic carbocycles. The molecule has 2 rings (SSSR count). The van der Waals surface area contributed by atoms with Gasteiger partial charge in [0.05, 0.1) is 0 Å². The molecule has 0 saturated heterocycles. The van der Waals surface area contributed by atoms with Crippen LogP contribution in [0, 0.1) is 6.92 Å². The van der Waals surface area contributed by atoms with E-state index in [1.165, 1.54) is 11.1 Å². The van der Waals surface area contributed by atoms with Crippen molar-refractivity contribution in [2.24, 2.45) is 0 Å². The summed E-state index contributed by atoms with van der Waals surface area (Å²) in [6.07, 6.45) is 1.01. The number of benzene rings is 1. The second kappa shape index (κ2) is 8.16. The van der Waals surface area contributed by atoms with E-state index in [0.717, 1.165) is 36.6 Å². The van der Waals surface area contributed by atoms with Crippen LogP contribution in [0.2, 0.25) is 0 Å². The lowest BCUT2D eigenvalue weighted by molar-refractivity contribution is 0.217. The van der Waals surface area contributed by atoms with Crippen molar-refractivity contribution in [1.29, 1.82) is 0 Å². The van der Waals surface area contributed by atoms with Crippen molar-refractivity contribution < 1.29 is 4.74 Å². The summed E-state index contributed by atoms with van der Waals surface area (Å²) in [5.41, 5.74) is 4.57. The van der Waals surface area contributed by atoms with E-state index in [1.807, 2.05) is 6.07 Å². The van der Waals surface area contributed by atoms with E-state index in [1.54, 1.807) is 0 Å². The topological polar surface area (TPSA) is 49.9 Å². The van der Waals surface area contributed by atoms with Gasteiger partial charge in [-0.3, -0.25) is 5.10 Å². The molecule has 4 heteroatoms. The lowest BCUT2D eigenvalue weighted by Gasteiger charge is -2.20. The van der Waals surface area contributed by atoms with Crippen LogP contribution in [0.15, 0.2) is 24.3 Å². The first kappa shape index (κ1) is 17.5. The van der Waals surface area contributed by atoms with Crippen LogP contribution in [0.25, 0.3) is 0 Å². The molecule has 2 unspecified atom stereocenters. The van der Waals surface area contributed by atoms with Crippen molar-refractivity contribution >= 4 is 0 Å². The van der Waals surface area contributed by atoms with Gasteiger partial charge in [0.1, 0.15) is 17.5 Å². The Morgan fingerprint density at radius 1 is 1.22 bits per heavy atom. The van der Waals surface area contributed by atoms with E-state index < -0.39 is 0 Å². The second-order valence-electron chi connectivity index (χ2n) is 6.10. The summed E-state index contributed by atoms with van der Waals surface area (Å²) in [6.45, 7) is 12.4. The number of rotatable bonds is 8. The lowest BCUT2D eigenvalue weighted by atomic mass is 9.97. The zero-order chi connectivity index (χ0) is 16.8. The molecule has 0 aliphatic heterocycles. The molecule has 2 atom stereocenters. The van der Waals surface area contributed by atoms with Gasteiger partial charge in [-0.15, -0.1) is 0 Å². The third kappa shape index (κ3) is 4.14. The smallest absolute Gasteiger partial charge is 0.140 e. The van der Waals surface area contributed by atoms with Crippen LogP contribution in [0.1, 0.15) is 68.7 Å². The summed E-state index contributed by atoms with van der Waals surface area (Å²) >= 11 is 0. The first-order valence-electron chi connectivity index (χ1n) is 8.58. The number of aromatic nitrogens is 2. The Bertz CT molecular complexity index is 621. The number of aryl methyl sites for hydroxylation is 1. The van der Waals surface area contributed by atoms with Crippen LogP contribution < -0.4 is 10.1 Å². The van der Waals surface area contributed by atoms with Gasteiger partial charge in [0, 0.05) is 17.8 Å². The van der Waals surface area contributed by atoms with Gasteiger partial charge >= 0.3 is 0 Å². The maximum atomic E-state index is 6.28. The van der Waals surface area contributed by atoms with Crippen LogP contribution >= 0.6 is 0 Å². The predicted molar refractivity (Wildman–Crippen MR) is 94.9 cm³/mol. The van der Waals surface area contributed by atoms with Gasteiger partial charge in [-0.2, -0.15) is 5.10 Å². The van der Waals surface area contributed by atoms with Crippen molar-refractivity contribution in [3.05, 3.63) is 46.8 Å². The SMILES string of the molecule is CCNCc1c(C(C)Oc2ccccc2C(C)CC)n[nH]c1C. The molecule has 0 radical (unpaired) electrons. The van der Waals surface area contributed by atoms with Crippen molar-refractivity contribution in [3.63, 3.8) is 0 Å². The second-order valence-corrected chi connectivity index (χ2v) is 6.10. The zero-order valence-electron chi connectivity index (χ0n) is 14.9. The van der Waals surface area contributed by atoms with E-state index >= 15 is 0 Å². The lowest BCUT2D eigenvalue weighted by Crippen LogP contribution is -2.15. The average molecular weight is 315 g/mol. The standard InChI is InChI=1S/C19H29N3O/c1-6-13(3)16-10-8-9-11-18(16)23-15(5)19-17(12-20-7-2)14(4)21-22-19/h8-11,13,15,20H,6-7,12H2,1-5H3,(H,21,22). The van der Waals surface area contributed by atoms with E-state index in [-0.39, 0.29) is 6.10 Å². The Balaban J connectivity index is 2.21. The van der Waals surface area contributed by atoms with Crippen LogP contribution in [-0.2, 0) is 6.54 Å². The summed E-state index contributed by atoms with van der Waals surface area (Å²) < 4.78 is 6.28. The molecular weight excluding hydrogens is 286 g/mol. The van der Waals surface area contributed by atoms with Gasteiger partial charge in [0.25, 0.3) is 0 Å². The first-order valence-corrected chi connectivity index (χ1v) is 8.58. The molecule has 0 spiro atoms. The third-order valence-electron chi connectivity index (χ3n) is 4.41. The molecular formula is C19H29N3O. The highest BCUT2D eigenvalue weighted by Gasteiger charge is 2.19. The largest absolute Gasteiger partial charge is 0.484 e. The fraction of sp³-hybridized carbons (Fsp3) is 0.526. The minimum absolute atomic E-state index is 0.0844. The number of aromatic amines is 1. The molecule has 1 aromatic heterocycles. The van der Waals surface area contributed by atoms with Gasteiger partial charge in [0.15, 0.2) is 0 Å². The van der Waals surface area contributed by atoms with E-state index in [2.05, 4.69) is 68.3 Å². The molecule has 0 aliphatic rings. The highest BCUT2D eigenvalue weighted by atomic mass is 16.5. The van der Waals surface area contributed by atoms with Crippen LogP contribution in [-0.4, -0.2) is 16.7 Å². The Morgan fingerprint density at radius 3 is 2.65 bits per heavy atom. The quantitative estimate of drug-likeness (QED) is 0.755. The number of nitrogens with one attached hydrogen (secondary N) is 2. The molecule has 1 heterocycles. The fourth-order valence-corrected chi connectivity index (χ4v) is 2.74. The normalized spacial score (nSPS) is 13.8. The molecule has 23 heavy (non-hydrogen) atoms. The minimum Gasteiger partial charge on any atom is -0.484 e. The molecule has 0 fully saturated rings. The van der Waals surface area contributed by atoms with Crippen molar-refractivity contribution in [1.82, 2.24) is 15.5 Å². The molecule has 2 aromatic rings. The molecule has 4 nitrogen and oxygen atoms in total. The molecule has 0 aliphatic carbocycles. The monoisotopic (exact) mass is 315 g/mol. The van der Waals surface area contributed by atoms with Gasteiger partial charge in [-0.25, -0.2) is 0 Å². The molecule has 2 N–H and O–H groups in total.